The second kappa shape index (κ2) is 6.06. The second-order valence-electron chi connectivity index (χ2n) is 6.63. The largest absolute Gasteiger partial charge is 0.356 e. The van der Waals surface area contributed by atoms with Gasteiger partial charge >= 0.3 is 0 Å². The molecular weight excluding hydrogens is 324 g/mol. The smallest absolute Gasteiger partial charge is 0.254 e. The summed E-state index contributed by atoms with van der Waals surface area (Å²) in [7, 11) is 0. The first kappa shape index (κ1) is 15.9. The van der Waals surface area contributed by atoms with E-state index in [1.54, 1.807) is 11.4 Å². The van der Waals surface area contributed by atoms with Gasteiger partial charge in [0.15, 0.2) is 0 Å². The van der Waals surface area contributed by atoms with E-state index in [9.17, 15) is 8.78 Å². The number of hydrogen-bond acceptors (Lipinski definition) is 4. The molecule has 25 heavy (non-hydrogen) atoms. The van der Waals surface area contributed by atoms with Gasteiger partial charge in [-0.15, -0.1) is 0 Å². The molecule has 1 aromatic carbocycles. The number of anilines is 1. The summed E-state index contributed by atoms with van der Waals surface area (Å²) >= 11 is 0. The van der Waals surface area contributed by atoms with Gasteiger partial charge in [0.2, 0.25) is 0 Å². The quantitative estimate of drug-likeness (QED) is 0.713. The summed E-state index contributed by atoms with van der Waals surface area (Å²) in [5.74, 6) is 0.536. The summed E-state index contributed by atoms with van der Waals surface area (Å²) in [5, 5.41) is 4.26. The molecule has 4 rings (SSSR count). The predicted molar refractivity (Wildman–Crippen MR) is 91.5 cm³/mol. The fourth-order valence-corrected chi connectivity index (χ4v) is 3.48. The number of aryl methyl sites for hydroxylation is 1. The van der Waals surface area contributed by atoms with Gasteiger partial charge in [-0.25, -0.2) is 13.8 Å². The van der Waals surface area contributed by atoms with Crippen LogP contribution in [0, 0.1) is 24.5 Å². The molecule has 1 aliphatic heterocycles. The number of nitrogens with zero attached hydrogens (tertiary/aromatic N) is 5. The van der Waals surface area contributed by atoms with Gasteiger partial charge in [-0.1, -0.05) is 13.0 Å². The van der Waals surface area contributed by atoms with E-state index in [1.807, 2.05) is 0 Å². The third kappa shape index (κ3) is 2.63. The van der Waals surface area contributed by atoms with Crippen molar-refractivity contribution >= 4 is 11.6 Å². The first-order chi connectivity index (χ1) is 12.1. The molecule has 0 atom stereocenters. The van der Waals surface area contributed by atoms with Crippen molar-refractivity contribution in [3.8, 4) is 11.1 Å². The van der Waals surface area contributed by atoms with Crippen molar-refractivity contribution in [2.24, 2.45) is 5.92 Å². The normalized spacial score (nSPS) is 15.9. The summed E-state index contributed by atoms with van der Waals surface area (Å²) in [5.41, 5.74) is 0.930. The number of benzene rings is 1. The van der Waals surface area contributed by atoms with Crippen LogP contribution in [-0.2, 0) is 0 Å². The maximum Gasteiger partial charge on any atom is 0.254 e. The van der Waals surface area contributed by atoms with E-state index in [0.29, 0.717) is 28.8 Å². The van der Waals surface area contributed by atoms with Crippen LogP contribution in [0.5, 0.6) is 0 Å². The Morgan fingerprint density at radius 3 is 2.44 bits per heavy atom. The highest BCUT2D eigenvalue weighted by molar-refractivity contribution is 5.80. The fourth-order valence-electron chi connectivity index (χ4n) is 3.48. The highest BCUT2D eigenvalue weighted by Gasteiger charge is 2.27. The molecule has 0 radical (unpaired) electrons. The number of fused-ring (bicyclic) bond motifs is 1. The van der Waals surface area contributed by atoms with Crippen LogP contribution in [-0.4, -0.2) is 32.7 Å². The van der Waals surface area contributed by atoms with Gasteiger partial charge in [-0.2, -0.15) is 14.6 Å². The Labute approximate surface area is 144 Å². The zero-order valence-corrected chi connectivity index (χ0v) is 14.2. The van der Waals surface area contributed by atoms with E-state index in [4.69, 9.17) is 0 Å². The molecule has 0 saturated carbocycles. The zero-order chi connectivity index (χ0) is 17.6. The molecule has 7 heteroatoms. The topological polar surface area (TPSA) is 46.3 Å². The third-order valence-corrected chi connectivity index (χ3v) is 4.88. The summed E-state index contributed by atoms with van der Waals surface area (Å²) in [6.45, 7) is 5.59. The second-order valence-corrected chi connectivity index (χ2v) is 6.63. The molecular formula is C18H19F2N5. The Morgan fingerprint density at radius 1 is 1.08 bits per heavy atom. The Morgan fingerprint density at radius 2 is 1.76 bits per heavy atom. The van der Waals surface area contributed by atoms with Crippen LogP contribution < -0.4 is 4.90 Å². The van der Waals surface area contributed by atoms with E-state index in [1.165, 1.54) is 24.5 Å². The number of aromatic nitrogens is 4. The van der Waals surface area contributed by atoms with Gasteiger partial charge in [0.25, 0.3) is 5.78 Å². The Bertz CT molecular complexity index is 908. The van der Waals surface area contributed by atoms with Gasteiger partial charge in [-0.3, -0.25) is 0 Å². The molecule has 130 valence electrons. The Hall–Kier alpha value is -2.57. The lowest BCUT2D eigenvalue weighted by molar-refractivity contribution is 0.435. The molecule has 0 spiro atoms. The standard InChI is InChI=1S/C18H19F2N5/c1-11-6-8-24(9-7-11)17-15(16-13(19)4-3-5-14(16)20)12(2)23-18-21-10-22-25(17)18/h3-5,10-11H,6-9H2,1-2H3. The SMILES string of the molecule is Cc1nc2ncnn2c(N2CCC(C)CC2)c1-c1c(F)cccc1F. The molecule has 0 amide bonds. The Balaban J connectivity index is 2.00. The summed E-state index contributed by atoms with van der Waals surface area (Å²) < 4.78 is 30.6. The maximum atomic E-state index is 14.5. The van der Waals surface area contributed by atoms with Crippen molar-refractivity contribution in [1.82, 2.24) is 19.6 Å². The monoisotopic (exact) mass is 343 g/mol. The molecule has 0 N–H and O–H groups in total. The minimum Gasteiger partial charge on any atom is -0.356 e. The van der Waals surface area contributed by atoms with Crippen molar-refractivity contribution < 1.29 is 8.78 Å². The number of hydrogen-bond donors (Lipinski definition) is 0. The highest BCUT2D eigenvalue weighted by Crippen LogP contribution is 2.37. The summed E-state index contributed by atoms with van der Waals surface area (Å²) in [6, 6.07) is 3.91. The summed E-state index contributed by atoms with van der Waals surface area (Å²) in [4.78, 5) is 10.7. The average molecular weight is 343 g/mol. The molecule has 3 aromatic rings. The van der Waals surface area contributed by atoms with Gasteiger partial charge < -0.3 is 4.90 Å². The lowest BCUT2D eigenvalue weighted by atomic mass is 9.97. The van der Waals surface area contributed by atoms with Crippen LogP contribution in [0.3, 0.4) is 0 Å². The van der Waals surface area contributed by atoms with E-state index in [2.05, 4.69) is 26.9 Å². The fraction of sp³-hybridized carbons (Fsp3) is 0.389. The number of rotatable bonds is 2. The van der Waals surface area contributed by atoms with Crippen molar-refractivity contribution in [3.05, 3.63) is 41.9 Å². The minimum atomic E-state index is -0.601. The van der Waals surface area contributed by atoms with Crippen molar-refractivity contribution in [1.29, 1.82) is 0 Å². The molecule has 0 bridgehead atoms. The van der Waals surface area contributed by atoms with Crippen LogP contribution in [0.4, 0.5) is 14.6 Å². The maximum absolute atomic E-state index is 14.5. The first-order valence-corrected chi connectivity index (χ1v) is 8.46. The molecule has 1 fully saturated rings. The van der Waals surface area contributed by atoms with Crippen LogP contribution in [0.2, 0.25) is 0 Å². The van der Waals surface area contributed by atoms with Gasteiger partial charge in [0.05, 0.1) is 16.8 Å². The van der Waals surface area contributed by atoms with Crippen molar-refractivity contribution in [3.63, 3.8) is 0 Å². The van der Waals surface area contributed by atoms with E-state index >= 15 is 0 Å². The van der Waals surface area contributed by atoms with Crippen molar-refractivity contribution in [2.45, 2.75) is 26.7 Å². The van der Waals surface area contributed by atoms with E-state index in [0.717, 1.165) is 25.9 Å². The number of piperidine rings is 1. The van der Waals surface area contributed by atoms with Crippen LogP contribution >= 0.6 is 0 Å². The molecule has 5 nitrogen and oxygen atoms in total. The van der Waals surface area contributed by atoms with Crippen LogP contribution in [0.15, 0.2) is 24.5 Å². The van der Waals surface area contributed by atoms with Crippen LogP contribution in [0.25, 0.3) is 16.9 Å². The van der Waals surface area contributed by atoms with E-state index in [-0.39, 0.29) is 5.56 Å². The van der Waals surface area contributed by atoms with E-state index < -0.39 is 11.6 Å². The zero-order valence-electron chi connectivity index (χ0n) is 14.2. The number of halogens is 2. The molecule has 1 aliphatic rings. The average Bonchev–Trinajstić information content (AvgIpc) is 3.03. The van der Waals surface area contributed by atoms with Gasteiger partial charge in [0.1, 0.15) is 23.8 Å². The Kier molecular flexibility index (Phi) is 3.86. The third-order valence-electron chi connectivity index (χ3n) is 4.88. The predicted octanol–water partition coefficient (Wildman–Crippen LogP) is 3.61. The first-order valence-electron chi connectivity index (χ1n) is 8.46. The lowest BCUT2D eigenvalue weighted by Gasteiger charge is -2.33. The van der Waals surface area contributed by atoms with Crippen LogP contribution in [0.1, 0.15) is 25.5 Å². The molecule has 0 aliphatic carbocycles. The molecule has 0 unspecified atom stereocenters. The molecule has 2 aromatic heterocycles. The molecule has 3 heterocycles. The minimum absolute atomic E-state index is 0.0569. The molecule has 1 saturated heterocycles. The van der Waals surface area contributed by atoms with Crippen molar-refractivity contribution in [2.75, 3.05) is 18.0 Å². The highest BCUT2D eigenvalue weighted by atomic mass is 19.1. The summed E-state index contributed by atoms with van der Waals surface area (Å²) in [6.07, 6.45) is 3.47. The van der Waals surface area contributed by atoms with Gasteiger partial charge in [-0.05, 0) is 37.8 Å². The lowest BCUT2D eigenvalue weighted by Crippen LogP contribution is -2.35. The van der Waals surface area contributed by atoms with Gasteiger partial charge in [0, 0.05) is 13.1 Å².